The molecule has 3 aliphatic rings. The van der Waals surface area contributed by atoms with Gasteiger partial charge in [-0.3, -0.25) is 0 Å². The van der Waals surface area contributed by atoms with Crippen LogP contribution in [-0.2, 0) is 0 Å². The van der Waals surface area contributed by atoms with E-state index in [1.165, 1.54) is 57.4 Å². The van der Waals surface area contributed by atoms with Gasteiger partial charge in [0.2, 0.25) is 0 Å². The maximum atomic E-state index is 6.20. The second-order valence-electron chi connectivity index (χ2n) is 7.25. The quantitative estimate of drug-likeness (QED) is 0.788. The molecule has 124 valence electrons. The molecule has 0 amide bonds. The Labute approximate surface area is 139 Å². The smallest absolute Gasteiger partial charge is 0.119 e. The minimum Gasteiger partial charge on any atom is -0.490 e. The summed E-state index contributed by atoms with van der Waals surface area (Å²) in [4.78, 5) is 4.92. The fourth-order valence-electron chi connectivity index (χ4n) is 3.64. The molecule has 4 rings (SSSR count). The fraction of sp³-hybridized carbons (Fsp3) is 0.600. The molecule has 0 aromatic heterocycles. The number of nitrogens with zero attached hydrogens (tertiary/aromatic N) is 2. The number of ether oxygens (including phenoxy) is 1. The van der Waals surface area contributed by atoms with Gasteiger partial charge in [0.25, 0.3) is 0 Å². The predicted molar refractivity (Wildman–Crippen MR) is 95.0 cm³/mol. The van der Waals surface area contributed by atoms with Crippen LogP contribution in [0.1, 0.15) is 38.5 Å². The third kappa shape index (κ3) is 4.08. The number of rotatable bonds is 6. The summed E-state index contributed by atoms with van der Waals surface area (Å²) in [6.07, 6.45) is 12.6. The zero-order valence-corrected chi connectivity index (χ0v) is 14.0. The Morgan fingerprint density at radius 3 is 2.39 bits per heavy atom. The molecule has 0 radical (unpaired) electrons. The largest absolute Gasteiger partial charge is 0.490 e. The Morgan fingerprint density at radius 2 is 1.74 bits per heavy atom. The highest BCUT2D eigenvalue weighted by atomic mass is 16.5. The first kappa shape index (κ1) is 15.1. The molecule has 2 heterocycles. The highest BCUT2D eigenvalue weighted by Crippen LogP contribution is 2.32. The SMILES string of the molecule is C1=CN(c2ccc(OC3CCN(CCC4CC4)CC3)cc2)CC1. The molecule has 3 nitrogen and oxygen atoms in total. The normalized spacial score (nSPS) is 22.7. The second-order valence-corrected chi connectivity index (χ2v) is 7.25. The Balaban J connectivity index is 1.23. The van der Waals surface area contributed by atoms with Crippen molar-refractivity contribution in [2.24, 2.45) is 5.92 Å². The van der Waals surface area contributed by atoms with E-state index in [1.54, 1.807) is 0 Å². The van der Waals surface area contributed by atoms with Crippen LogP contribution in [-0.4, -0.2) is 37.2 Å². The van der Waals surface area contributed by atoms with Crippen molar-refractivity contribution < 1.29 is 4.74 Å². The molecule has 0 N–H and O–H groups in total. The Bertz CT molecular complexity index is 527. The molecule has 1 aromatic rings. The first-order chi connectivity index (χ1) is 11.4. The third-order valence-electron chi connectivity index (χ3n) is 5.38. The van der Waals surface area contributed by atoms with E-state index in [0.29, 0.717) is 6.10 Å². The molecule has 1 aromatic carbocycles. The highest BCUT2D eigenvalue weighted by molar-refractivity contribution is 5.52. The zero-order valence-electron chi connectivity index (χ0n) is 14.0. The lowest BCUT2D eigenvalue weighted by atomic mass is 10.1. The van der Waals surface area contributed by atoms with Gasteiger partial charge in [-0.05, 0) is 62.4 Å². The molecule has 0 atom stereocenters. The van der Waals surface area contributed by atoms with Gasteiger partial charge in [0, 0.05) is 31.5 Å². The van der Waals surface area contributed by atoms with Crippen molar-refractivity contribution in [1.82, 2.24) is 4.90 Å². The number of hydrogen-bond acceptors (Lipinski definition) is 3. The van der Waals surface area contributed by atoms with Crippen molar-refractivity contribution in [3.63, 3.8) is 0 Å². The summed E-state index contributed by atoms with van der Waals surface area (Å²) >= 11 is 0. The van der Waals surface area contributed by atoms with E-state index in [-0.39, 0.29) is 0 Å². The van der Waals surface area contributed by atoms with E-state index in [9.17, 15) is 0 Å². The fourth-order valence-corrected chi connectivity index (χ4v) is 3.64. The van der Waals surface area contributed by atoms with Gasteiger partial charge in [0.15, 0.2) is 0 Å². The van der Waals surface area contributed by atoms with E-state index >= 15 is 0 Å². The van der Waals surface area contributed by atoms with Gasteiger partial charge < -0.3 is 14.5 Å². The van der Waals surface area contributed by atoms with Crippen molar-refractivity contribution >= 4 is 5.69 Å². The molecule has 23 heavy (non-hydrogen) atoms. The Hall–Kier alpha value is -1.48. The van der Waals surface area contributed by atoms with Crippen LogP contribution < -0.4 is 9.64 Å². The maximum absolute atomic E-state index is 6.20. The minimum absolute atomic E-state index is 0.393. The maximum Gasteiger partial charge on any atom is 0.119 e. The van der Waals surface area contributed by atoms with Crippen LogP contribution in [0.2, 0.25) is 0 Å². The molecule has 0 spiro atoms. The number of likely N-dealkylation sites (tertiary alicyclic amines) is 1. The van der Waals surface area contributed by atoms with Crippen molar-refractivity contribution in [2.45, 2.75) is 44.6 Å². The molecule has 2 fully saturated rings. The van der Waals surface area contributed by atoms with E-state index < -0.39 is 0 Å². The molecule has 0 unspecified atom stereocenters. The van der Waals surface area contributed by atoms with E-state index in [1.807, 2.05) is 0 Å². The Kier molecular flexibility index (Phi) is 4.56. The average molecular weight is 312 g/mol. The van der Waals surface area contributed by atoms with Crippen LogP contribution in [0.3, 0.4) is 0 Å². The van der Waals surface area contributed by atoms with Gasteiger partial charge in [0.1, 0.15) is 11.9 Å². The molecule has 1 saturated carbocycles. The lowest BCUT2D eigenvalue weighted by molar-refractivity contribution is 0.0991. The Morgan fingerprint density at radius 1 is 0.957 bits per heavy atom. The third-order valence-corrected chi connectivity index (χ3v) is 5.38. The van der Waals surface area contributed by atoms with Crippen molar-refractivity contribution in [3.05, 3.63) is 36.5 Å². The molecule has 0 bridgehead atoms. The van der Waals surface area contributed by atoms with E-state index in [0.717, 1.165) is 24.6 Å². The summed E-state index contributed by atoms with van der Waals surface area (Å²) in [6, 6.07) is 8.60. The lowest BCUT2D eigenvalue weighted by Gasteiger charge is -2.32. The molecular weight excluding hydrogens is 284 g/mol. The van der Waals surface area contributed by atoms with Crippen LogP contribution in [0.5, 0.6) is 5.75 Å². The first-order valence-corrected chi connectivity index (χ1v) is 9.29. The monoisotopic (exact) mass is 312 g/mol. The van der Waals surface area contributed by atoms with E-state index in [2.05, 4.69) is 46.3 Å². The van der Waals surface area contributed by atoms with Crippen LogP contribution in [0.15, 0.2) is 36.5 Å². The van der Waals surface area contributed by atoms with Gasteiger partial charge in [0.05, 0.1) is 0 Å². The summed E-state index contributed by atoms with van der Waals surface area (Å²) in [7, 11) is 0. The number of anilines is 1. The molecule has 1 saturated heterocycles. The van der Waals surface area contributed by atoms with Gasteiger partial charge in [-0.1, -0.05) is 18.9 Å². The van der Waals surface area contributed by atoms with Crippen LogP contribution >= 0.6 is 0 Å². The number of piperidine rings is 1. The van der Waals surface area contributed by atoms with Crippen molar-refractivity contribution in [1.29, 1.82) is 0 Å². The first-order valence-electron chi connectivity index (χ1n) is 9.29. The summed E-state index contributed by atoms with van der Waals surface area (Å²) in [5, 5.41) is 0. The van der Waals surface area contributed by atoms with Crippen molar-refractivity contribution in [2.75, 3.05) is 31.1 Å². The topological polar surface area (TPSA) is 15.7 Å². The number of benzene rings is 1. The standard InChI is InChI=1S/C20H28N2O/c1-2-13-22(12-1)18-5-7-19(8-6-18)23-20-10-15-21(16-11-20)14-9-17-3-4-17/h1,5-8,12,17,20H,2-4,9-11,13-16H2. The number of hydrogen-bond donors (Lipinski definition) is 0. The highest BCUT2D eigenvalue weighted by Gasteiger charge is 2.24. The lowest BCUT2D eigenvalue weighted by Crippen LogP contribution is -2.38. The second kappa shape index (κ2) is 6.96. The van der Waals surface area contributed by atoms with Gasteiger partial charge in [-0.25, -0.2) is 0 Å². The molecule has 1 aliphatic carbocycles. The molecular formula is C20H28N2O. The summed E-state index contributed by atoms with van der Waals surface area (Å²) in [6.45, 7) is 4.80. The van der Waals surface area contributed by atoms with Gasteiger partial charge in [-0.15, -0.1) is 0 Å². The van der Waals surface area contributed by atoms with Gasteiger partial charge in [-0.2, -0.15) is 0 Å². The molecule has 3 heteroatoms. The van der Waals surface area contributed by atoms with Gasteiger partial charge >= 0.3 is 0 Å². The van der Waals surface area contributed by atoms with Crippen LogP contribution in [0, 0.1) is 5.92 Å². The van der Waals surface area contributed by atoms with Crippen molar-refractivity contribution in [3.8, 4) is 5.75 Å². The van der Waals surface area contributed by atoms with E-state index in [4.69, 9.17) is 4.74 Å². The zero-order chi connectivity index (χ0) is 15.5. The average Bonchev–Trinajstić information content (AvgIpc) is 3.26. The summed E-state index contributed by atoms with van der Waals surface area (Å²) < 4.78 is 6.20. The minimum atomic E-state index is 0.393. The molecule has 2 aliphatic heterocycles. The van der Waals surface area contributed by atoms with Crippen LogP contribution in [0.4, 0.5) is 5.69 Å². The predicted octanol–water partition coefficient (Wildman–Crippen LogP) is 4.05. The summed E-state index contributed by atoms with van der Waals surface area (Å²) in [5.41, 5.74) is 1.26. The summed E-state index contributed by atoms with van der Waals surface area (Å²) in [5.74, 6) is 2.07. The van der Waals surface area contributed by atoms with Crippen LogP contribution in [0.25, 0.3) is 0 Å².